The molecule has 3 heteroatoms. The summed E-state index contributed by atoms with van der Waals surface area (Å²) in [4.78, 5) is 2.74. The van der Waals surface area contributed by atoms with E-state index in [0.717, 1.165) is 24.3 Å². The molecular formula is C18H34N2O. The Balaban J connectivity index is 1.45. The van der Waals surface area contributed by atoms with Gasteiger partial charge in [0.05, 0.1) is 0 Å². The molecule has 0 spiro atoms. The highest BCUT2D eigenvalue weighted by Gasteiger charge is 2.35. The molecule has 0 amide bonds. The van der Waals surface area contributed by atoms with Crippen molar-refractivity contribution in [2.45, 2.75) is 76.3 Å². The lowest BCUT2D eigenvalue weighted by molar-refractivity contribution is 0.120. The van der Waals surface area contributed by atoms with Crippen LogP contribution in [0.3, 0.4) is 0 Å². The van der Waals surface area contributed by atoms with Crippen molar-refractivity contribution in [3.05, 3.63) is 0 Å². The molecule has 0 aromatic carbocycles. The molecule has 2 N–H and O–H groups in total. The average Bonchev–Trinajstić information content (AvgIpc) is 3.37. The van der Waals surface area contributed by atoms with Crippen LogP contribution in [-0.2, 0) is 0 Å². The molecule has 1 aliphatic heterocycles. The molecule has 2 saturated carbocycles. The minimum Gasteiger partial charge on any atom is -0.396 e. The van der Waals surface area contributed by atoms with Crippen LogP contribution in [0.4, 0.5) is 0 Å². The summed E-state index contributed by atoms with van der Waals surface area (Å²) in [6.45, 7) is 4.16. The van der Waals surface area contributed by atoms with E-state index in [2.05, 4.69) is 10.2 Å². The second-order valence-corrected chi connectivity index (χ2v) is 7.76. The van der Waals surface area contributed by atoms with Crippen molar-refractivity contribution >= 4 is 0 Å². The van der Waals surface area contributed by atoms with E-state index in [9.17, 15) is 0 Å². The van der Waals surface area contributed by atoms with Crippen molar-refractivity contribution in [3.63, 3.8) is 0 Å². The first-order chi connectivity index (χ1) is 10.3. The number of hydrogen-bond donors (Lipinski definition) is 2. The highest BCUT2D eigenvalue weighted by Crippen LogP contribution is 2.32. The molecule has 0 aromatic rings. The summed E-state index contributed by atoms with van der Waals surface area (Å²) in [5, 5.41) is 13.0. The number of nitrogens with zero attached hydrogens (tertiary/aromatic N) is 1. The Labute approximate surface area is 130 Å². The van der Waals surface area contributed by atoms with E-state index in [0.29, 0.717) is 12.6 Å². The molecule has 1 heterocycles. The molecule has 2 atom stereocenters. The van der Waals surface area contributed by atoms with Gasteiger partial charge in [-0.15, -0.1) is 0 Å². The van der Waals surface area contributed by atoms with E-state index < -0.39 is 0 Å². The second kappa shape index (κ2) is 7.94. The van der Waals surface area contributed by atoms with E-state index in [-0.39, 0.29) is 0 Å². The average molecular weight is 294 g/mol. The monoisotopic (exact) mass is 294 g/mol. The maximum absolute atomic E-state index is 9.09. The van der Waals surface area contributed by atoms with Gasteiger partial charge in [0.25, 0.3) is 0 Å². The van der Waals surface area contributed by atoms with Gasteiger partial charge >= 0.3 is 0 Å². The molecule has 2 unspecified atom stereocenters. The predicted octanol–water partition coefficient (Wildman–Crippen LogP) is 2.78. The fourth-order valence-electron chi connectivity index (χ4n) is 4.44. The fraction of sp³-hybridized carbons (Fsp3) is 1.00. The van der Waals surface area contributed by atoms with Crippen molar-refractivity contribution in [2.75, 3.05) is 26.2 Å². The first kappa shape index (κ1) is 15.8. The van der Waals surface area contributed by atoms with Crippen molar-refractivity contribution in [1.82, 2.24) is 10.2 Å². The normalized spacial score (nSPS) is 32.4. The second-order valence-electron chi connectivity index (χ2n) is 7.76. The standard InChI is InChI=1S/C18H34N2O/c21-10-4-7-16-11-17(14-20(13-16)18-8-9-18)19-12-15-5-2-1-3-6-15/h15-19,21H,1-14H2. The molecular weight excluding hydrogens is 260 g/mol. The van der Waals surface area contributed by atoms with E-state index in [4.69, 9.17) is 5.11 Å². The van der Waals surface area contributed by atoms with Gasteiger partial charge in [0.15, 0.2) is 0 Å². The zero-order valence-electron chi connectivity index (χ0n) is 13.6. The van der Waals surface area contributed by atoms with Crippen LogP contribution in [0.2, 0.25) is 0 Å². The van der Waals surface area contributed by atoms with Crippen LogP contribution in [0, 0.1) is 11.8 Å². The number of rotatable bonds is 7. The molecule has 3 nitrogen and oxygen atoms in total. The summed E-state index contributed by atoms with van der Waals surface area (Å²) in [5.74, 6) is 1.74. The SMILES string of the molecule is OCCCC1CC(NCC2CCCCC2)CN(C2CC2)C1. The van der Waals surface area contributed by atoms with Gasteiger partial charge in [-0.25, -0.2) is 0 Å². The Morgan fingerprint density at radius 2 is 1.76 bits per heavy atom. The number of piperidine rings is 1. The lowest BCUT2D eigenvalue weighted by Gasteiger charge is -2.39. The van der Waals surface area contributed by atoms with Gasteiger partial charge in [-0.2, -0.15) is 0 Å². The highest BCUT2D eigenvalue weighted by atomic mass is 16.2. The lowest BCUT2D eigenvalue weighted by atomic mass is 9.87. The summed E-state index contributed by atoms with van der Waals surface area (Å²) < 4.78 is 0. The van der Waals surface area contributed by atoms with Gasteiger partial charge in [0.2, 0.25) is 0 Å². The van der Waals surface area contributed by atoms with Crippen LogP contribution in [0.5, 0.6) is 0 Å². The molecule has 0 aromatic heterocycles. The van der Waals surface area contributed by atoms with Gasteiger partial charge in [0.1, 0.15) is 0 Å². The number of aliphatic hydroxyl groups excluding tert-OH is 1. The third kappa shape index (κ3) is 4.94. The first-order valence-corrected chi connectivity index (χ1v) is 9.43. The van der Waals surface area contributed by atoms with Gasteiger partial charge in [-0.1, -0.05) is 19.3 Å². The molecule has 2 aliphatic carbocycles. The van der Waals surface area contributed by atoms with E-state index in [1.54, 1.807) is 0 Å². The third-order valence-corrected chi connectivity index (χ3v) is 5.82. The Kier molecular flexibility index (Phi) is 5.96. The van der Waals surface area contributed by atoms with Gasteiger partial charge in [0, 0.05) is 31.8 Å². The van der Waals surface area contributed by atoms with Crippen molar-refractivity contribution in [2.24, 2.45) is 11.8 Å². The molecule has 3 aliphatic rings. The predicted molar refractivity (Wildman–Crippen MR) is 87.4 cm³/mol. The van der Waals surface area contributed by atoms with E-state index in [1.807, 2.05) is 0 Å². The Bertz CT molecular complexity index is 300. The van der Waals surface area contributed by atoms with Crippen molar-refractivity contribution in [1.29, 1.82) is 0 Å². The summed E-state index contributed by atoms with van der Waals surface area (Å²) in [6.07, 6.45) is 13.6. The number of likely N-dealkylation sites (tertiary alicyclic amines) is 1. The van der Waals surface area contributed by atoms with Crippen LogP contribution in [0.1, 0.15) is 64.2 Å². The zero-order chi connectivity index (χ0) is 14.5. The van der Waals surface area contributed by atoms with E-state index in [1.165, 1.54) is 77.4 Å². The molecule has 0 bridgehead atoms. The number of aliphatic hydroxyl groups is 1. The number of nitrogens with one attached hydrogen (secondary N) is 1. The smallest absolute Gasteiger partial charge is 0.0431 e. The maximum Gasteiger partial charge on any atom is 0.0431 e. The number of hydrogen-bond acceptors (Lipinski definition) is 3. The fourth-order valence-corrected chi connectivity index (χ4v) is 4.44. The molecule has 3 rings (SSSR count). The molecule has 122 valence electrons. The van der Waals surface area contributed by atoms with Crippen molar-refractivity contribution in [3.8, 4) is 0 Å². The summed E-state index contributed by atoms with van der Waals surface area (Å²) in [5.41, 5.74) is 0. The quantitative estimate of drug-likeness (QED) is 0.758. The Hall–Kier alpha value is -0.120. The Morgan fingerprint density at radius 1 is 0.952 bits per heavy atom. The molecule has 0 radical (unpaired) electrons. The maximum atomic E-state index is 9.09. The van der Waals surface area contributed by atoms with E-state index >= 15 is 0 Å². The van der Waals surface area contributed by atoms with Crippen LogP contribution < -0.4 is 5.32 Å². The first-order valence-electron chi connectivity index (χ1n) is 9.43. The zero-order valence-corrected chi connectivity index (χ0v) is 13.6. The summed E-state index contributed by atoms with van der Waals surface area (Å²) >= 11 is 0. The minimum absolute atomic E-state index is 0.361. The van der Waals surface area contributed by atoms with Gasteiger partial charge in [-0.05, 0) is 63.3 Å². The van der Waals surface area contributed by atoms with Crippen molar-refractivity contribution < 1.29 is 5.11 Å². The largest absolute Gasteiger partial charge is 0.396 e. The topological polar surface area (TPSA) is 35.5 Å². The molecule has 21 heavy (non-hydrogen) atoms. The lowest BCUT2D eigenvalue weighted by Crippen LogP contribution is -2.51. The van der Waals surface area contributed by atoms with Crippen LogP contribution in [0.25, 0.3) is 0 Å². The highest BCUT2D eigenvalue weighted by molar-refractivity contribution is 4.92. The van der Waals surface area contributed by atoms with Gasteiger partial charge < -0.3 is 10.4 Å². The summed E-state index contributed by atoms with van der Waals surface area (Å²) in [6, 6.07) is 1.59. The van der Waals surface area contributed by atoms with Crippen LogP contribution in [0.15, 0.2) is 0 Å². The minimum atomic E-state index is 0.361. The third-order valence-electron chi connectivity index (χ3n) is 5.82. The molecule has 3 fully saturated rings. The Morgan fingerprint density at radius 3 is 2.48 bits per heavy atom. The van der Waals surface area contributed by atoms with Crippen LogP contribution in [-0.4, -0.2) is 48.3 Å². The molecule has 1 saturated heterocycles. The van der Waals surface area contributed by atoms with Crippen LogP contribution >= 0.6 is 0 Å². The van der Waals surface area contributed by atoms with Gasteiger partial charge in [-0.3, -0.25) is 4.90 Å². The summed E-state index contributed by atoms with van der Waals surface area (Å²) in [7, 11) is 0.